The van der Waals surface area contributed by atoms with Gasteiger partial charge in [-0.2, -0.15) is 0 Å². The highest BCUT2D eigenvalue weighted by Gasteiger charge is 2.45. The Morgan fingerprint density at radius 2 is 2.23 bits per heavy atom. The molecule has 1 unspecified atom stereocenters. The van der Waals surface area contributed by atoms with Crippen molar-refractivity contribution in [2.45, 2.75) is 25.0 Å². The van der Waals surface area contributed by atoms with E-state index >= 15 is 0 Å². The molecule has 0 amide bonds. The van der Waals surface area contributed by atoms with Crippen LogP contribution in [0.3, 0.4) is 0 Å². The predicted octanol–water partition coefficient (Wildman–Crippen LogP) is 1.75. The number of aliphatic hydroxyl groups is 1. The van der Waals surface area contributed by atoms with Crippen LogP contribution in [0.15, 0.2) is 49.2 Å². The van der Waals surface area contributed by atoms with Crippen molar-refractivity contribution in [2.24, 2.45) is 11.8 Å². The normalized spacial score (nSPS) is 32.0. The summed E-state index contributed by atoms with van der Waals surface area (Å²) in [5, 5.41) is 12.0. The molecule has 5 atom stereocenters. The summed E-state index contributed by atoms with van der Waals surface area (Å²) in [5.41, 5.74) is 1.95. The molecule has 2 aromatic rings. The molecular weight excluding hydrogens is 272 g/mol. The molecule has 114 valence electrons. The van der Waals surface area contributed by atoms with Gasteiger partial charge in [-0.1, -0.05) is 24.3 Å². The smallest absolute Gasteiger partial charge is 0.132 e. The summed E-state index contributed by atoms with van der Waals surface area (Å²) >= 11 is 0. The monoisotopic (exact) mass is 295 g/mol. The lowest BCUT2D eigenvalue weighted by Crippen LogP contribution is -3.20. The first-order valence-electron chi connectivity index (χ1n) is 8.26. The van der Waals surface area contributed by atoms with E-state index in [2.05, 4.69) is 29.8 Å². The van der Waals surface area contributed by atoms with Crippen LogP contribution in [0.2, 0.25) is 0 Å². The number of para-hydroxylation sites is 1. The first-order chi connectivity index (χ1) is 10.8. The van der Waals surface area contributed by atoms with Gasteiger partial charge in [0.2, 0.25) is 0 Å². The van der Waals surface area contributed by atoms with Crippen LogP contribution >= 0.6 is 0 Å². The Bertz CT molecular complexity index is 699. The fourth-order valence-corrected chi connectivity index (χ4v) is 4.39. The minimum Gasteiger partial charge on any atom is -0.382 e. The zero-order valence-corrected chi connectivity index (χ0v) is 12.8. The Morgan fingerprint density at radius 1 is 1.36 bits per heavy atom. The van der Waals surface area contributed by atoms with Gasteiger partial charge in [0.1, 0.15) is 12.1 Å². The maximum Gasteiger partial charge on any atom is 0.132 e. The zero-order valence-electron chi connectivity index (χ0n) is 12.8. The Morgan fingerprint density at radius 3 is 3.00 bits per heavy atom. The van der Waals surface area contributed by atoms with Gasteiger partial charge in [0.15, 0.2) is 0 Å². The number of fused-ring (bicyclic) bond motifs is 4. The summed E-state index contributed by atoms with van der Waals surface area (Å²) in [6.45, 7) is 6.28. The van der Waals surface area contributed by atoms with Gasteiger partial charge >= 0.3 is 0 Å². The van der Waals surface area contributed by atoms with Crippen LogP contribution in [0, 0.1) is 11.8 Å². The van der Waals surface area contributed by atoms with E-state index in [-0.39, 0.29) is 0 Å². The van der Waals surface area contributed by atoms with Crippen molar-refractivity contribution in [1.29, 1.82) is 0 Å². The van der Waals surface area contributed by atoms with Gasteiger partial charge in [0.05, 0.1) is 18.6 Å². The van der Waals surface area contributed by atoms with E-state index in [0.717, 1.165) is 29.4 Å². The molecule has 3 saturated heterocycles. The molecule has 3 heteroatoms. The van der Waals surface area contributed by atoms with Crippen molar-refractivity contribution in [1.82, 2.24) is 4.98 Å². The second kappa shape index (κ2) is 5.49. The van der Waals surface area contributed by atoms with Crippen LogP contribution in [-0.4, -0.2) is 29.2 Å². The molecule has 0 aliphatic carbocycles. The number of rotatable bonds is 3. The molecule has 2 N–H and O–H groups in total. The summed E-state index contributed by atoms with van der Waals surface area (Å²) in [6.07, 6.45) is 5.91. The molecule has 0 spiro atoms. The van der Waals surface area contributed by atoms with Crippen molar-refractivity contribution < 1.29 is 10.0 Å². The number of benzene rings is 1. The summed E-state index contributed by atoms with van der Waals surface area (Å²) in [4.78, 5) is 6.04. The molecule has 3 fully saturated rings. The molecule has 3 aliphatic rings. The van der Waals surface area contributed by atoms with Crippen LogP contribution in [0.25, 0.3) is 10.9 Å². The highest BCUT2D eigenvalue weighted by Crippen LogP contribution is 2.32. The van der Waals surface area contributed by atoms with Crippen molar-refractivity contribution in [3.05, 3.63) is 54.7 Å². The number of aromatic nitrogens is 1. The molecule has 0 saturated carbocycles. The number of quaternary nitrogens is 1. The van der Waals surface area contributed by atoms with Crippen molar-refractivity contribution in [3.63, 3.8) is 0 Å². The van der Waals surface area contributed by atoms with E-state index in [1.54, 1.807) is 0 Å². The molecule has 3 aliphatic heterocycles. The minimum absolute atomic E-state index is 0.304. The van der Waals surface area contributed by atoms with Crippen LogP contribution < -0.4 is 4.90 Å². The molecular formula is C19H23N2O+. The Labute approximate surface area is 131 Å². The number of hydrogen-bond donors (Lipinski definition) is 2. The predicted molar refractivity (Wildman–Crippen MR) is 87.6 cm³/mol. The zero-order chi connectivity index (χ0) is 15.1. The minimum atomic E-state index is -0.416. The van der Waals surface area contributed by atoms with Gasteiger partial charge in [-0.15, -0.1) is 6.58 Å². The highest BCUT2D eigenvalue weighted by atomic mass is 16.3. The second-order valence-corrected chi connectivity index (χ2v) is 6.81. The lowest BCUT2D eigenvalue weighted by Gasteiger charge is -2.47. The SMILES string of the molecule is C=C[C@H]1C[NH+]2CC[C@@H]1C[C@@H]2[C@H](O)c1cnc2ccccc2c1. The van der Waals surface area contributed by atoms with E-state index in [9.17, 15) is 5.11 Å². The lowest BCUT2D eigenvalue weighted by molar-refractivity contribution is -0.949. The average Bonchev–Trinajstić information content (AvgIpc) is 2.60. The first-order valence-corrected chi connectivity index (χ1v) is 8.26. The number of aliphatic hydroxyl groups excluding tert-OH is 1. The van der Waals surface area contributed by atoms with Crippen molar-refractivity contribution in [2.75, 3.05) is 13.1 Å². The third-order valence-electron chi connectivity index (χ3n) is 5.66. The van der Waals surface area contributed by atoms with E-state index in [1.165, 1.54) is 17.9 Å². The Hall–Kier alpha value is -1.71. The van der Waals surface area contributed by atoms with Gasteiger partial charge < -0.3 is 10.0 Å². The fraction of sp³-hybridized carbons (Fsp3) is 0.421. The molecule has 2 bridgehead atoms. The molecule has 1 aromatic heterocycles. The summed E-state index contributed by atoms with van der Waals surface area (Å²) in [5.74, 6) is 1.32. The summed E-state index contributed by atoms with van der Waals surface area (Å²) in [6, 6.07) is 10.5. The maximum absolute atomic E-state index is 10.9. The van der Waals surface area contributed by atoms with E-state index in [4.69, 9.17) is 0 Å². The Kier molecular flexibility index (Phi) is 3.47. The van der Waals surface area contributed by atoms with Crippen molar-refractivity contribution >= 4 is 10.9 Å². The van der Waals surface area contributed by atoms with Crippen LogP contribution in [0.1, 0.15) is 24.5 Å². The van der Waals surface area contributed by atoms with Gasteiger partial charge in [0.25, 0.3) is 0 Å². The number of hydrogen-bond acceptors (Lipinski definition) is 2. The van der Waals surface area contributed by atoms with Crippen LogP contribution in [-0.2, 0) is 0 Å². The molecule has 22 heavy (non-hydrogen) atoms. The maximum atomic E-state index is 10.9. The first kappa shape index (κ1) is 13.9. The summed E-state index contributed by atoms with van der Waals surface area (Å²) in [7, 11) is 0. The molecule has 4 heterocycles. The molecule has 5 rings (SSSR count). The third kappa shape index (κ3) is 2.25. The third-order valence-corrected chi connectivity index (χ3v) is 5.66. The van der Waals surface area contributed by atoms with E-state index < -0.39 is 6.10 Å². The standard InChI is InChI=1S/C19H22N2O/c1-2-13-12-21-8-7-14(13)10-18(21)19(22)16-9-15-5-3-4-6-17(15)20-11-16/h2-6,9,11,13-14,18-19,22H,1,7-8,10,12H2/p+1/t13-,14+,18+,19+/m0/s1. The van der Waals surface area contributed by atoms with Gasteiger partial charge in [0, 0.05) is 35.9 Å². The van der Waals surface area contributed by atoms with E-state index in [1.807, 2.05) is 24.4 Å². The molecule has 0 radical (unpaired) electrons. The fourth-order valence-electron chi connectivity index (χ4n) is 4.39. The lowest BCUT2D eigenvalue weighted by atomic mass is 9.74. The van der Waals surface area contributed by atoms with Crippen molar-refractivity contribution in [3.8, 4) is 0 Å². The molecule has 1 aromatic carbocycles. The summed E-state index contributed by atoms with van der Waals surface area (Å²) < 4.78 is 0. The number of nitrogens with zero attached hydrogens (tertiary/aromatic N) is 1. The van der Waals surface area contributed by atoms with Gasteiger partial charge in [-0.3, -0.25) is 4.98 Å². The average molecular weight is 295 g/mol. The largest absolute Gasteiger partial charge is 0.382 e. The topological polar surface area (TPSA) is 37.6 Å². The quantitative estimate of drug-likeness (QED) is 0.847. The van der Waals surface area contributed by atoms with Crippen LogP contribution in [0.5, 0.6) is 0 Å². The van der Waals surface area contributed by atoms with Gasteiger partial charge in [-0.05, 0) is 18.1 Å². The number of pyridine rings is 1. The van der Waals surface area contributed by atoms with Gasteiger partial charge in [-0.25, -0.2) is 0 Å². The highest BCUT2D eigenvalue weighted by molar-refractivity contribution is 5.78. The second-order valence-electron chi connectivity index (χ2n) is 6.81. The molecule has 3 nitrogen and oxygen atoms in total. The van der Waals surface area contributed by atoms with E-state index in [0.29, 0.717) is 17.9 Å². The number of nitrogens with one attached hydrogen (secondary N) is 1. The Balaban J connectivity index is 1.61. The van der Waals surface area contributed by atoms with Crippen LogP contribution in [0.4, 0.5) is 0 Å². The number of piperidine rings is 3.